The zero-order chi connectivity index (χ0) is 14.1. The number of hydrogen-bond donors (Lipinski definition) is 2. The number of nitrogens with zero attached hydrogens (tertiary/aromatic N) is 2. The normalized spacial score (nSPS) is 10.9. The van der Waals surface area contributed by atoms with Gasteiger partial charge in [0.1, 0.15) is 5.69 Å². The highest BCUT2D eigenvalue weighted by molar-refractivity contribution is 9.10. The first-order valence-corrected chi connectivity index (χ1v) is 7.08. The minimum atomic E-state index is -0.171. The predicted molar refractivity (Wildman–Crippen MR) is 81.9 cm³/mol. The van der Waals surface area contributed by atoms with E-state index in [1.54, 1.807) is 6.07 Å². The van der Waals surface area contributed by atoms with Crippen molar-refractivity contribution in [2.24, 2.45) is 0 Å². The highest BCUT2D eigenvalue weighted by atomic mass is 79.9. The molecule has 0 saturated carbocycles. The minimum absolute atomic E-state index is 0.171. The largest absolute Gasteiger partial charge is 0.343 e. The summed E-state index contributed by atoms with van der Waals surface area (Å²) in [6.07, 6.45) is 1.89. The zero-order valence-corrected chi connectivity index (χ0v) is 12.4. The van der Waals surface area contributed by atoms with E-state index in [2.05, 4.69) is 31.4 Å². The Morgan fingerprint density at radius 1 is 1.45 bits per heavy atom. The van der Waals surface area contributed by atoms with Gasteiger partial charge in [-0.05, 0) is 41.1 Å². The van der Waals surface area contributed by atoms with Crippen LogP contribution < -0.4 is 5.32 Å². The maximum Gasteiger partial charge on any atom is 0.273 e. The van der Waals surface area contributed by atoms with Crippen LogP contribution in [0.4, 0.5) is 5.82 Å². The molecular formula is C14H13BrN4O. The van der Waals surface area contributed by atoms with Gasteiger partial charge in [0.05, 0.1) is 5.52 Å². The first-order chi connectivity index (χ1) is 9.69. The summed E-state index contributed by atoms with van der Waals surface area (Å²) >= 11 is 3.39. The number of H-pyrrole nitrogens is 1. The number of fused-ring (bicyclic) bond motifs is 1. The quantitative estimate of drug-likeness (QED) is 0.772. The number of aromatic amines is 1. The Hall–Kier alpha value is -2.08. The maximum absolute atomic E-state index is 12.3. The van der Waals surface area contributed by atoms with Gasteiger partial charge in [-0.3, -0.25) is 9.89 Å². The number of anilines is 1. The van der Waals surface area contributed by atoms with Crippen molar-refractivity contribution >= 4 is 38.6 Å². The number of amides is 1. The summed E-state index contributed by atoms with van der Waals surface area (Å²) in [6, 6.07) is 9.48. The fourth-order valence-electron chi connectivity index (χ4n) is 2.16. The number of para-hydroxylation sites is 1. The molecule has 0 spiro atoms. The van der Waals surface area contributed by atoms with Crippen LogP contribution in [-0.2, 0) is 6.54 Å². The fraction of sp³-hybridized carbons (Fsp3) is 0.143. The topological polar surface area (TPSA) is 62.7 Å². The number of halogens is 1. The molecule has 0 aliphatic rings. The number of rotatable bonds is 3. The molecule has 0 aliphatic heterocycles. The molecule has 20 heavy (non-hydrogen) atoms. The molecule has 1 amide bonds. The average molecular weight is 333 g/mol. The van der Waals surface area contributed by atoms with Crippen LogP contribution in [0.5, 0.6) is 0 Å². The van der Waals surface area contributed by atoms with Gasteiger partial charge in [-0.15, -0.1) is 0 Å². The lowest BCUT2D eigenvalue weighted by atomic mass is 10.2. The Morgan fingerprint density at radius 3 is 3.05 bits per heavy atom. The summed E-state index contributed by atoms with van der Waals surface area (Å²) in [6.45, 7) is 2.73. The first kappa shape index (κ1) is 12.9. The third kappa shape index (κ3) is 2.22. The van der Waals surface area contributed by atoms with E-state index in [4.69, 9.17) is 0 Å². The van der Waals surface area contributed by atoms with Crippen molar-refractivity contribution in [1.29, 1.82) is 0 Å². The molecule has 0 atom stereocenters. The molecule has 6 heteroatoms. The van der Waals surface area contributed by atoms with E-state index < -0.39 is 0 Å². The van der Waals surface area contributed by atoms with Crippen molar-refractivity contribution in [3.8, 4) is 0 Å². The third-order valence-electron chi connectivity index (χ3n) is 3.14. The summed E-state index contributed by atoms with van der Waals surface area (Å²) < 4.78 is 2.77. The van der Waals surface area contributed by atoms with Crippen molar-refractivity contribution in [2.45, 2.75) is 13.5 Å². The van der Waals surface area contributed by atoms with Gasteiger partial charge in [0.2, 0.25) is 0 Å². The molecule has 0 saturated heterocycles. The van der Waals surface area contributed by atoms with Crippen LogP contribution in [0, 0.1) is 0 Å². The molecule has 2 heterocycles. The second-order valence-corrected chi connectivity index (χ2v) is 5.32. The third-order valence-corrected chi connectivity index (χ3v) is 3.57. The van der Waals surface area contributed by atoms with E-state index in [1.165, 1.54) is 0 Å². The number of nitrogens with one attached hydrogen (secondary N) is 2. The molecule has 102 valence electrons. The van der Waals surface area contributed by atoms with Gasteiger partial charge >= 0.3 is 0 Å². The molecule has 3 rings (SSSR count). The van der Waals surface area contributed by atoms with Crippen LogP contribution in [0.3, 0.4) is 0 Å². The molecule has 0 fully saturated rings. The Bertz CT molecular complexity index is 774. The van der Waals surface area contributed by atoms with Crippen molar-refractivity contribution < 1.29 is 4.79 Å². The Labute approximate surface area is 124 Å². The van der Waals surface area contributed by atoms with Gasteiger partial charge < -0.3 is 9.88 Å². The molecule has 5 nitrogen and oxygen atoms in total. The van der Waals surface area contributed by atoms with E-state index in [9.17, 15) is 4.79 Å². The number of carbonyl (C=O) groups is 1. The molecule has 3 aromatic rings. The molecule has 0 unspecified atom stereocenters. The lowest BCUT2D eigenvalue weighted by Gasteiger charge is -2.05. The lowest BCUT2D eigenvalue weighted by Crippen LogP contribution is -2.16. The molecule has 0 bridgehead atoms. The summed E-state index contributed by atoms with van der Waals surface area (Å²) in [7, 11) is 0. The molecule has 0 aliphatic carbocycles. The van der Waals surface area contributed by atoms with Gasteiger partial charge in [-0.1, -0.05) is 12.1 Å². The number of benzene rings is 1. The predicted octanol–water partition coefficient (Wildman–Crippen LogP) is 3.40. The number of aromatic nitrogens is 3. The fourth-order valence-corrected chi connectivity index (χ4v) is 2.62. The molecular weight excluding hydrogens is 320 g/mol. The number of hydrogen-bond acceptors (Lipinski definition) is 2. The molecule has 2 N–H and O–H groups in total. The van der Waals surface area contributed by atoms with E-state index in [0.717, 1.165) is 21.9 Å². The SMILES string of the molecule is CCn1cc(Br)cc1C(=O)Nc1n[nH]c2ccccc12. The first-order valence-electron chi connectivity index (χ1n) is 6.29. The smallest absolute Gasteiger partial charge is 0.273 e. The van der Waals surface area contributed by atoms with Crippen molar-refractivity contribution in [3.05, 3.63) is 46.7 Å². The highest BCUT2D eigenvalue weighted by Crippen LogP contribution is 2.21. The Balaban J connectivity index is 1.92. The van der Waals surface area contributed by atoms with E-state index >= 15 is 0 Å². The van der Waals surface area contributed by atoms with Crippen LogP contribution >= 0.6 is 15.9 Å². The van der Waals surface area contributed by atoms with Crippen molar-refractivity contribution in [3.63, 3.8) is 0 Å². The second-order valence-electron chi connectivity index (χ2n) is 4.40. The van der Waals surface area contributed by atoms with E-state index in [0.29, 0.717) is 11.5 Å². The summed E-state index contributed by atoms with van der Waals surface area (Å²) in [5, 5.41) is 10.8. The van der Waals surface area contributed by atoms with Gasteiger partial charge in [-0.2, -0.15) is 5.10 Å². The van der Waals surface area contributed by atoms with Gasteiger partial charge in [0, 0.05) is 22.6 Å². The second kappa shape index (κ2) is 5.13. The van der Waals surface area contributed by atoms with Gasteiger partial charge in [0.15, 0.2) is 5.82 Å². The lowest BCUT2D eigenvalue weighted by molar-refractivity contribution is 0.101. The molecule has 0 radical (unpaired) electrons. The van der Waals surface area contributed by atoms with Crippen LogP contribution in [0.25, 0.3) is 10.9 Å². The van der Waals surface area contributed by atoms with Crippen molar-refractivity contribution in [2.75, 3.05) is 5.32 Å². The van der Waals surface area contributed by atoms with Crippen molar-refractivity contribution in [1.82, 2.24) is 14.8 Å². The molecule has 1 aromatic carbocycles. The van der Waals surface area contributed by atoms with Gasteiger partial charge in [0.25, 0.3) is 5.91 Å². The van der Waals surface area contributed by atoms with Gasteiger partial charge in [-0.25, -0.2) is 0 Å². The Morgan fingerprint density at radius 2 is 2.25 bits per heavy atom. The van der Waals surface area contributed by atoms with Crippen LogP contribution in [0.15, 0.2) is 41.0 Å². The number of aryl methyl sites for hydroxylation is 1. The standard InChI is InChI=1S/C14H13BrN4O/c1-2-19-8-9(15)7-12(19)14(20)16-13-10-5-3-4-6-11(10)17-18-13/h3-8H,2H2,1H3,(H2,16,17,18,20). The zero-order valence-electron chi connectivity index (χ0n) is 10.9. The van der Waals surface area contributed by atoms with E-state index in [-0.39, 0.29) is 5.91 Å². The maximum atomic E-state index is 12.3. The summed E-state index contributed by atoms with van der Waals surface area (Å²) in [5.74, 6) is 0.375. The van der Waals surface area contributed by atoms with Crippen LogP contribution in [0.2, 0.25) is 0 Å². The number of carbonyl (C=O) groups excluding carboxylic acids is 1. The summed E-state index contributed by atoms with van der Waals surface area (Å²) in [4.78, 5) is 12.3. The Kier molecular flexibility index (Phi) is 3.31. The van der Waals surface area contributed by atoms with E-state index in [1.807, 2.05) is 42.0 Å². The van der Waals surface area contributed by atoms with Crippen LogP contribution in [-0.4, -0.2) is 20.7 Å². The highest BCUT2D eigenvalue weighted by Gasteiger charge is 2.15. The molecule has 2 aromatic heterocycles. The monoisotopic (exact) mass is 332 g/mol. The van der Waals surface area contributed by atoms with Crippen LogP contribution in [0.1, 0.15) is 17.4 Å². The average Bonchev–Trinajstić information content (AvgIpc) is 3.03. The minimum Gasteiger partial charge on any atom is -0.343 e. The summed E-state index contributed by atoms with van der Waals surface area (Å²) in [5.41, 5.74) is 1.50.